The SMILES string of the molecule is Cc1nnc(N2C(=O)C(=O)C(=C(O)c3ccc(F)cc3)C2c2cccc([N+](=O)[O-])c2)s1. The average Bonchev–Trinajstić information content (AvgIpc) is 3.29. The number of nitrogens with zero attached hydrogens (tertiary/aromatic N) is 4. The number of halogens is 1. The van der Waals surface area contributed by atoms with E-state index in [0.717, 1.165) is 28.4 Å². The van der Waals surface area contributed by atoms with Crippen LogP contribution in [0.4, 0.5) is 15.2 Å². The number of Topliss-reactive ketones (excluding diaryl/α,β-unsaturated/α-hetero) is 1. The van der Waals surface area contributed by atoms with Crippen LogP contribution in [0.15, 0.2) is 54.1 Å². The highest BCUT2D eigenvalue weighted by Gasteiger charge is 2.48. The Labute approximate surface area is 178 Å². The minimum Gasteiger partial charge on any atom is -0.507 e. The maximum atomic E-state index is 13.3. The minimum atomic E-state index is -1.18. The molecule has 0 bridgehead atoms. The lowest BCUT2D eigenvalue weighted by Crippen LogP contribution is -2.29. The van der Waals surface area contributed by atoms with Crippen molar-refractivity contribution in [3.63, 3.8) is 0 Å². The second-order valence-corrected chi connectivity index (χ2v) is 7.79. The number of carbonyl (C=O) groups excluding carboxylic acids is 2. The molecule has 0 radical (unpaired) electrons. The molecule has 1 atom stereocenters. The number of non-ortho nitro benzene ring substituents is 1. The van der Waals surface area contributed by atoms with Gasteiger partial charge < -0.3 is 5.11 Å². The predicted molar refractivity (Wildman–Crippen MR) is 109 cm³/mol. The summed E-state index contributed by atoms with van der Waals surface area (Å²) in [4.78, 5) is 37.5. The molecule has 1 fully saturated rings. The lowest BCUT2D eigenvalue weighted by Gasteiger charge is -2.22. The van der Waals surface area contributed by atoms with E-state index < -0.39 is 34.2 Å². The maximum absolute atomic E-state index is 13.3. The molecule has 1 N–H and O–H groups in total. The smallest absolute Gasteiger partial charge is 0.301 e. The summed E-state index contributed by atoms with van der Waals surface area (Å²) in [6.07, 6.45) is 0. The normalized spacial score (nSPS) is 17.9. The Morgan fingerprint density at radius 2 is 1.90 bits per heavy atom. The van der Waals surface area contributed by atoms with Gasteiger partial charge in [-0.3, -0.25) is 24.6 Å². The van der Waals surface area contributed by atoms with Crippen LogP contribution >= 0.6 is 11.3 Å². The molecule has 0 saturated carbocycles. The van der Waals surface area contributed by atoms with Crippen molar-refractivity contribution in [2.45, 2.75) is 13.0 Å². The van der Waals surface area contributed by atoms with Crippen molar-refractivity contribution in [1.29, 1.82) is 0 Å². The minimum absolute atomic E-state index is 0.106. The molecule has 11 heteroatoms. The highest BCUT2D eigenvalue weighted by atomic mass is 32.1. The first-order chi connectivity index (χ1) is 14.8. The Morgan fingerprint density at radius 1 is 1.19 bits per heavy atom. The zero-order chi connectivity index (χ0) is 22.3. The van der Waals surface area contributed by atoms with E-state index in [0.29, 0.717) is 5.01 Å². The Bertz CT molecular complexity index is 1250. The summed E-state index contributed by atoms with van der Waals surface area (Å²) in [7, 11) is 0. The monoisotopic (exact) mass is 440 g/mol. The molecule has 1 amide bonds. The van der Waals surface area contributed by atoms with Crippen LogP contribution in [0.3, 0.4) is 0 Å². The summed E-state index contributed by atoms with van der Waals surface area (Å²) in [5.74, 6) is -3.03. The van der Waals surface area contributed by atoms with Gasteiger partial charge in [-0.2, -0.15) is 0 Å². The van der Waals surface area contributed by atoms with Crippen molar-refractivity contribution in [3.05, 3.63) is 86.2 Å². The number of aromatic nitrogens is 2. The van der Waals surface area contributed by atoms with E-state index in [4.69, 9.17) is 0 Å². The fourth-order valence-corrected chi connectivity index (χ4v) is 4.01. The first kappa shape index (κ1) is 20.3. The van der Waals surface area contributed by atoms with Crippen molar-refractivity contribution >= 4 is 39.6 Å². The fourth-order valence-electron chi connectivity index (χ4n) is 3.30. The third-order valence-corrected chi connectivity index (χ3v) is 5.52. The number of hydrogen-bond donors (Lipinski definition) is 1. The molecule has 1 aliphatic heterocycles. The highest BCUT2D eigenvalue weighted by molar-refractivity contribution is 7.15. The maximum Gasteiger partial charge on any atom is 0.301 e. The van der Waals surface area contributed by atoms with Gasteiger partial charge >= 0.3 is 5.91 Å². The molecular formula is C20H13FN4O5S. The molecule has 31 heavy (non-hydrogen) atoms. The third-order valence-electron chi connectivity index (χ3n) is 4.68. The lowest BCUT2D eigenvalue weighted by molar-refractivity contribution is -0.384. The first-order valence-electron chi connectivity index (χ1n) is 8.89. The Hall–Kier alpha value is -3.99. The van der Waals surface area contributed by atoms with Crippen LogP contribution in [0.2, 0.25) is 0 Å². The molecule has 2 heterocycles. The van der Waals surface area contributed by atoms with E-state index in [1.165, 1.54) is 36.4 Å². The Kier molecular flexibility index (Phi) is 5.03. The summed E-state index contributed by atoms with van der Waals surface area (Å²) in [6.45, 7) is 1.67. The second kappa shape index (κ2) is 7.69. The van der Waals surface area contributed by atoms with Crippen LogP contribution in [0, 0.1) is 22.9 Å². The number of aliphatic hydroxyl groups is 1. The van der Waals surface area contributed by atoms with E-state index in [9.17, 15) is 29.2 Å². The van der Waals surface area contributed by atoms with Crippen molar-refractivity contribution in [2.24, 2.45) is 0 Å². The number of carbonyl (C=O) groups is 2. The number of aryl methyl sites for hydroxylation is 1. The summed E-state index contributed by atoms with van der Waals surface area (Å²) in [5, 5.41) is 30.6. The number of rotatable bonds is 4. The molecule has 3 aromatic rings. The second-order valence-electron chi connectivity index (χ2n) is 6.63. The number of anilines is 1. The van der Waals surface area contributed by atoms with Gasteiger partial charge in [-0.15, -0.1) is 10.2 Å². The molecule has 0 aliphatic carbocycles. The summed E-state index contributed by atoms with van der Waals surface area (Å²) in [6, 6.07) is 8.94. The number of aliphatic hydroxyl groups excluding tert-OH is 1. The predicted octanol–water partition coefficient (Wildman–Crippen LogP) is 3.52. The van der Waals surface area contributed by atoms with Gasteiger partial charge in [0, 0.05) is 17.7 Å². The molecule has 1 saturated heterocycles. The van der Waals surface area contributed by atoms with E-state index >= 15 is 0 Å². The van der Waals surface area contributed by atoms with E-state index in [-0.39, 0.29) is 27.5 Å². The molecule has 156 valence electrons. The van der Waals surface area contributed by atoms with Gasteiger partial charge in [0.2, 0.25) is 5.13 Å². The molecule has 4 rings (SSSR count). The van der Waals surface area contributed by atoms with Gasteiger partial charge in [-0.05, 0) is 36.8 Å². The van der Waals surface area contributed by atoms with E-state index in [2.05, 4.69) is 10.2 Å². The Balaban J connectivity index is 1.96. The quantitative estimate of drug-likeness (QED) is 0.216. The summed E-state index contributed by atoms with van der Waals surface area (Å²) < 4.78 is 13.3. The number of amides is 1. The fraction of sp³-hybridized carbons (Fsp3) is 0.100. The number of nitro benzene ring substituents is 1. The van der Waals surface area contributed by atoms with Gasteiger partial charge in [-0.1, -0.05) is 23.5 Å². The number of nitro groups is 1. The first-order valence-corrected chi connectivity index (χ1v) is 9.71. The van der Waals surface area contributed by atoms with Crippen LogP contribution < -0.4 is 4.90 Å². The van der Waals surface area contributed by atoms with Crippen LogP contribution in [-0.2, 0) is 9.59 Å². The van der Waals surface area contributed by atoms with Gasteiger partial charge in [0.15, 0.2) is 0 Å². The van der Waals surface area contributed by atoms with Crippen LogP contribution in [0.5, 0.6) is 0 Å². The molecule has 1 aromatic heterocycles. The molecular weight excluding hydrogens is 427 g/mol. The summed E-state index contributed by atoms with van der Waals surface area (Å²) in [5.41, 5.74) is -0.198. The van der Waals surface area contributed by atoms with Crippen LogP contribution in [0.1, 0.15) is 22.2 Å². The van der Waals surface area contributed by atoms with Gasteiger partial charge in [0.1, 0.15) is 16.6 Å². The van der Waals surface area contributed by atoms with Gasteiger partial charge in [0.25, 0.3) is 11.5 Å². The van der Waals surface area contributed by atoms with Gasteiger partial charge in [-0.25, -0.2) is 4.39 Å². The molecule has 1 unspecified atom stereocenters. The number of ketones is 1. The number of benzene rings is 2. The van der Waals surface area contributed by atoms with E-state index in [1.54, 1.807) is 6.92 Å². The zero-order valence-electron chi connectivity index (χ0n) is 15.9. The standard InChI is InChI=1S/C20H13FN4O5S/c1-10-22-23-20(31-10)24-16(12-3-2-4-14(9-12)25(29)30)15(18(27)19(24)28)17(26)11-5-7-13(21)8-6-11/h2-9,16,26H,1H3. The topological polar surface area (TPSA) is 127 Å². The van der Waals surface area contributed by atoms with Crippen LogP contribution in [0.25, 0.3) is 5.76 Å². The molecule has 1 aliphatic rings. The zero-order valence-corrected chi connectivity index (χ0v) is 16.7. The number of hydrogen-bond acceptors (Lipinski definition) is 8. The van der Waals surface area contributed by atoms with Crippen molar-refractivity contribution in [1.82, 2.24) is 10.2 Å². The molecule has 2 aromatic carbocycles. The van der Waals surface area contributed by atoms with Crippen molar-refractivity contribution in [3.8, 4) is 0 Å². The van der Waals surface area contributed by atoms with Crippen LogP contribution in [-0.4, -0.2) is 31.9 Å². The summed E-state index contributed by atoms with van der Waals surface area (Å²) >= 11 is 1.05. The van der Waals surface area contributed by atoms with E-state index in [1.807, 2.05) is 0 Å². The van der Waals surface area contributed by atoms with Gasteiger partial charge in [0.05, 0.1) is 16.5 Å². The molecule has 9 nitrogen and oxygen atoms in total. The average molecular weight is 440 g/mol. The van der Waals surface area contributed by atoms with Crippen molar-refractivity contribution < 1.29 is 24.0 Å². The van der Waals surface area contributed by atoms with Crippen molar-refractivity contribution in [2.75, 3.05) is 4.90 Å². The third kappa shape index (κ3) is 3.55. The largest absolute Gasteiger partial charge is 0.507 e. The Morgan fingerprint density at radius 3 is 2.52 bits per heavy atom. The molecule has 0 spiro atoms. The highest BCUT2D eigenvalue weighted by Crippen LogP contribution is 2.43. The lowest BCUT2D eigenvalue weighted by atomic mass is 9.95.